The van der Waals surface area contributed by atoms with Crippen molar-refractivity contribution in [3.63, 3.8) is 0 Å². The molecule has 0 aromatic rings. The summed E-state index contributed by atoms with van der Waals surface area (Å²) in [7, 11) is -0.0508. The molecular weight excluding hydrogens is 328 g/mol. The molecule has 2 atom stereocenters. The summed E-state index contributed by atoms with van der Waals surface area (Å²) >= 11 is 0. The molecule has 0 unspecified atom stereocenters. The van der Waals surface area contributed by atoms with Crippen LogP contribution in [0.2, 0.25) is 18.1 Å². The summed E-state index contributed by atoms with van der Waals surface area (Å²) in [5.74, 6) is 0. The van der Waals surface area contributed by atoms with Gasteiger partial charge in [-0.25, -0.2) is 0 Å². The van der Waals surface area contributed by atoms with Crippen molar-refractivity contribution in [2.24, 2.45) is 0 Å². The molecule has 3 nitrogen and oxygen atoms in total. The molecule has 0 amide bonds. The highest BCUT2D eigenvalue weighted by atomic mass is 28.4. The number of hydrogen-bond acceptors (Lipinski definition) is 3. The van der Waals surface area contributed by atoms with E-state index in [1.807, 2.05) is 6.08 Å². The van der Waals surface area contributed by atoms with Crippen LogP contribution in [0.25, 0.3) is 0 Å². The predicted octanol–water partition coefficient (Wildman–Crippen LogP) is 5.39. The lowest BCUT2D eigenvalue weighted by atomic mass is 9.83. The summed E-state index contributed by atoms with van der Waals surface area (Å²) in [4.78, 5) is 0. The lowest BCUT2D eigenvalue weighted by Gasteiger charge is -2.37. The van der Waals surface area contributed by atoms with Crippen molar-refractivity contribution >= 4 is 8.32 Å². The molecule has 1 aliphatic rings. The second-order valence-corrected chi connectivity index (χ2v) is 13.5. The molecule has 0 spiro atoms. The number of methoxy groups -OCH3 is 1. The molecule has 0 saturated carbocycles. The van der Waals surface area contributed by atoms with Crippen LogP contribution in [0.5, 0.6) is 0 Å². The monoisotopic (exact) mass is 366 g/mol. The molecule has 0 bridgehead atoms. The smallest absolute Gasteiger partial charge is 0.191 e. The molecule has 0 aromatic carbocycles. The molecule has 0 aromatic heterocycles. The summed E-state index contributed by atoms with van der Waals surface area (Å²) in [6, 6.07) is 0. The standard InChI is InChI=1S/C21H38O3Si/c1-9-11-19(23-6)16-18-12-10-14-21(18,22)17(2)13-15-24-25(7,8)20(3,4)5/h9,12,19,22H,1-2,10-11,13-16H2,3-8H3/t19-,21+/m0/s1. The van der Waals surface area contributed by atoms with Crippen molar-refractivity contribution in [1.29, 1.82) is 0 Å². The van der Waals surface area contributed by atoms with Crippen LogP contribution in [0.1, 0.15) is 52.9 Å². The van der Waals surface area contributed by atoms with E-state index in [1.54, 1.807) is 7.11 Å². The highest BCUT2D eigenvalue weighted by Crippen LogP contribution is 2.41. The second kappa shape index (κ2) is 8.80. The lowest BCUT2D eigenvalue weighted by molar-refractivity contribution is 0.0748. The molecular formula is C21H38O3Si. The summed E-state index contributed by atoms with van der Waals surface area (Å²) in [6.07, 6.45) is 7.87. The van der Waals surface area contributed by atoms with Gasteiger partial charge in [0.25, 0.3) is 0 Å². The minimum atomic E-state index is -1.76. The zero-order chi connectivity index (χ0) is 19.3. The number of rotatable bonds is 10. The van der Waals surface area contributed by atoms with E-state index in [-0.39, 0.29) is 11.1 Å². The van der Waals surface area contributed by atoms with Gasteiger partial charge in [-0.3, -0.25) is 0 Å². The second-order valence-electron chi connectivity index (χ2n) is 8.68. The SMILES string of the molecule is C=CC[C@@H](CC1=CCC[C@@]1(O)C(=C)CCO[Si](C)(C)C(C)(C)C)OC. The Kier molecular flexibility index (Phi) is 7.87. The minimum Gasteiger partial charge on any atom is -0.417 e. The topological polar surface area (TPSA) is 38.7 Å². The first kappa shape index (κ1) is 22.4. The maximum atomic E-state index is 11.2. The van der Waals surface area contributed by atoms with Crippen molar-refractivity contribution < 1.29 is 14.3 Å². The quantitative estimate of drug-likeness (QED) is 0.416. The van der Waals surface area contributed by atoms with Crippen LogP contribution in [0, 0.1) is 0 Å². The lowest BCUT2D eigenvalue weighted by Crippen LogP contribution is -2.41. The normalized spacial score (nSPS) is 22.6. The summed E-state index contributed by atoms with van der Waals surface area (Å²) in [6.45, 7) is 19.8. The van der Waals surface area contributed by atoms with Gasteiger partial charge in [0.2, 0.25) is 0 Å². The largest absolute Gasteiger partial charge is 0.417 e. The summed E-state index contributed by atoms with van der Waals surface area (Å²) in [5, 5.41) is 11.4. The minimum absolute atomic E-state index is 0.0599. The molecule has 0 fully saturated rings. The third-order valence-corrected chi connectivity index (χ3v) is 10.4. The van der Waals surface area contributed by atoms with Gasteiger partial charge in [0.15, 0.2) is 8.32 Å². The first-order valence-corrected chi connectivity index (χ1v) is 12.3. The van der Waals surface area contributed by atoms with Gasteiger partial charge in [-0.2, -0.15) is 0 Å². The third kappa shape index (κ3) is 5.65. The fourth-order valence-electron chi connectivity index (χ4n) is 2.99. The first-order valence-electron chi connectivity index (χ1n) is 9.35. The van der Waals surface area contributed by atoms with Gasteiger partial charge in [-0.05, 0) is 61.4 Å². The van der Waals surface area contributed by atoms with E-state index in [4.69, 9.17) is 9.16 Å². The van der Waals surface area contributed by atoms with Crippen LogP contribution in [-0.2, 0) is 9.16 Å². The number of hydrogen-bond donors (Lipinski definition) is 1. The number of allylic oxidation sites excluding steroid dienone is 1. The van der Waals surface area contributed by atoms with Crippen molar-refractivity contribution in [3.8, 4) is 0 Å². The molecule has 144 valence electrons. The number of ether oxygens (including phenoxy) is 1. The van der Waals surface area contributed by atoms with Crippen LogP contribution in [0.4, 0.5) is 0 Å². The van der Waals surface area contributed by atoms with Crippen molar-refractivity contribution in [1.82, 2.24) is 0 Å². The van der Waals surface area contributed by atoms with Gasteiger partial charge < -0.3 is 14.3 Å². The van der Waals surface area contributed by atoms with Crippen LogP contribution in [-0.4, -0.2) is 38.8 Å². The van der Waals surface area contributed by atoms with Gasteiger partial charge in [0, 0.05) is 13.7 Å². The Bertz CT molecular complexity index is 502. The fraction of sp³-hybridized carbons (Fsp3) is 0.714. The van der Waals surface area contributed by atoms with E-state index >= 15 is 0 Å². The van der Waals surface area contributed by atoms with Gasteiger partial charge in [0.1, 0.15) is 5.60 Å². The van der Waals surface area contributed by atoms with Gasteiger partial charge >= 0.3 is 0 Å². The molecule has 1 aliphatic carbocycles. The number of aliphatic hydroxyl groups is 1. The zero-order valence-electron chi connectivity index (χ0n) is 17.2. The van der Waals surface area contributed by atoms with E-state index in [2.05, 4.69) is 53.1 Å². The van der Waals surface area contributed by atoms with Crippen molar-refractivity contribution in [2.45, 2.75) is 82.7 Å². The van der Waals surface area contributed by atoms with Crippen LogP contribution < -0.4 is 0 Å². The fourth-order valence-corrected chi connectivity index (χ4v) is 4.03. The molecule has 1 rings (SSSR count). The van der Waals surface area contributed by atoms with Crippen molar-refractivity contribution in [3.05, 3.63) is 36.5 Å². The highest BCUT2D eigenvalue weighted by molar-refractivity contribution is 6.74. The summed E-state index contributed by atoms with van der Waals surface area (Å²) < 4.78 is 11.8. The van der Waals surface area contributed by atoms with E-state index in [9.17, 15) is 5.11 Å². The van der Waals surface area contributed by atoms with Crippen LogP contribution in [0.3, 0.4) is 0 Å². The molecule has 0 saturated heterocycles. The molecule has 25 heavy (non-hydrogen) atoms. The Hall–Kier alpha value is -0.683. The van der Waals surface area contributed by atoms with E-state index < -0.39 is 13.9 Å². The Morgan fingerprint density at radius 1 is 1.44 bits per heavy atom. The molecule has 1 N–H and O–H groups in total. The van der Waals surface area contributed by atoms with Crippen LogP contribution >= 0.6 is 0 Å². The van der Waals surface area contributed by atoms with Gasteiger partial charge in [-0.1, -0.05) is 39.5 Å². The molecule has 4 heteroatoms. The summed E-state index contributed by atoms with van der Waals surface area (Å²) in [5.41, 5.74) is 0.997. The Labute approximate surface area is 155 Å². The highest BCUT2D eigenvalue weighted by Gasteiger charge is 2.40. The van der Waals surface area contributed by atoms with E-state index in [1.165, 1.54) is 0 Å². The average molecular weight is 367 g/mol. The van der Waals surface area contributed by atoms with Gasteiger partial charge in [-0.15, -0.1) is 6.58 Å². The molecule has 0 heterocycles. The Balaban J connectivity index is 2.67. The Morgan fingerprint density at radius 3 is 2.60 bits per heavy atom. The zero-order valence-corrected chi connectivity index (χ0v) is 18.2. The maximum absolute atomic E-state index is 11.2. The first-order chi connectivity index (χ1) is 11.5. The Morgan fingerprint density at radius 2 is 2.08 bits per heavy atom. The van der Waals surface area contributed by atoms with Crippen LogP contribution in [0.15, 0.2) is 36.5 Å². The van der Waals surface area contributed by atoms with E-state index in [0.717, 1.165) is 30.4 Å². The van der Waals surface area contributed by atoms with Crippen molar-refractivity contribution in [2.75, 3.05) is 13.7 Å². The van der Waals surface area contributed by atoms with E-state index in [0.29, 0.717) is 19.4 Å². The average Bonchev–Trinajstić information content (AvgIpc) is 2.87. The molecule has 0 aliphatic heterocycles. The van der Waals surface area contributed by atoms with Gasteiger partial charge in [0.05, 0.1) is 6.10 Å². The molecule has 0 radical (unpaired) electrons. The third-order valence-electron chi connectivity index (χ3n) is 5.90. The predicted molar refractivity (Wildman–Crippen MR) is 109 cm³/mol. The maximum Gasteiger partial charge on any atom is 0.191 e.